The van der Waals surface area contributed by atoms with E-state index in [1.165, 1.54) is 54.9 Å². The van der Waals surface area contributed by atoms with Crippen LogP contribution in [-0.4, -0.2) is 32.8 Å². The van der Waals surface area contributed by atoms with Crippen molar-refractivity contribution in [3.63, 3.8) is 0 Å². The van der Waals surface area contributed by atoms with E-state index >= 15 is 0 Å². The van der Waals surface area contributed by atoms with Crippen LogP contribution in [0.2, 0.25) is 4.34 Å². The molecule has 6 nitrogen and oxygen atoms in total. The Bertz CT molecular complexity index is 849. The van der Waals surface area contributed by atoms with Crippen molar-refractivity contribution >= 4 is 44.6 Å². The predicted molar refractivity (Wildman–Crippen MR) is 95.3 cm³/mol. The topological polar surface area (TPSA) is 75.7 Å². The molecule has 9 heteroatoms. The summed E-state index contributed by atoms with van der Waals surface area (Å²) < 4.78 is 32.4. The van der Waals surface area contributed by atoms with Crippen LogP contribution in [0.5, 0.6) is 5.75 Å². The van der Waals surface area contributed by atoms with E-state index in [2.05, 4.69) is 5.32 Å². The van der Waals surface area contributed by atoms with Crippen LogP contribution in [0.3, 0.4) is 0 Å². The van der Waals surface area contributed by atoms with E-state index in [-0.39, 0.29) is 17.3 Å². The second kappa shape index (κ2) is 7.52. The molecule has 2 rings (SSSR count). The molecule has 0 atom stereocenters. The summed E-state index contributed by atoms with van der Waals surface area (Å²) in [7, 11) is -0.784. The maximum absolute atomic E-state index is 12.7. The van der Waals surface area contributed by atoms with Crippen molar-refractivity contribution in [3.8, 4) is 5.75 Å². The highest BCUT2D eigenvalue weighted by Gasteiger charge is 2.23. The molecule has 130 valence electrons. The number of halogens is 1. The normalized spacial score (nSPS) is 11.5. The smallest absolute Gasteiger partial charge is 0.243 e. The van der Waals surface area contributed by atoms with Crippen LogP contribution in [0.25, 0.3) is 0 Å². The summed E-state index contributed by atoms with van der Waals surface area (Å²) in [4.78, 5) is 12.2. The number of amides is 1. The molecular weight excluding hydrogens is 372 g/mol. The highest BCUT2D eigenvalue weighted by Crippen LogP contribution is 2.30. The number of thiophene rings is 1. The summed E-state index contributed by atoms with van der Waals surface area (Å²) in [5.74, 6) is 0.0706. The Balaban J connectivity index is 2.32. The minimum absolute atomic E-state index is 0.0669. The molecule has 24 heavy (non-hydrogen) atoms. The van der Waals surface area contributed by atoms with Crippen LogP contribution in [0.15, 0.2) is 35.2 Å². The Hall–Kier alpha value is -1.61. The van der Waals surface area contributed by atoms with Crippen molar-refractivity contribution in [2.24, 2.45) is 0 Å². The molecule has 1 N–H and O–H groups in total. The van der Waals surface area contributed by atoms with E-state index in [1.54, 1.807) is 12.1 Å². The van der Waals surface area contributed by atoms with Gasteiger partial charge in [-0.1, -0.05) is 11.6 Å². The second-order valence-electron chi connectivity index (χ2n) is 5.01. The standard InChI is InChI=1S/C15H17ClN2O4S2/c1-10(19)17-13-8-12(5-6-14(13)22-3)24(20,21)18(2)9-11-4-7-15(16)23-11/h4-8H,9H2,1-3H3,(H,17,19). The van der Waals surface area contributed by atoms with Gasteiger partial charge in [-0.25, -0.2) is 8.42 Å². The number of hydrogen-bond acceptors (Lipinski definition) is 5. The van der Waals surface area contributed by atoms with Gasteiger partial charge in [0.25, 0.3) is 0 Å². The van der Waals surface area contributed by atoms with Gasteiger partial charge in [0.1, 0.15) is 5.75 Å². The van der Waals surface area contributed by atoms with Crippen LogP contribution < -0.4 is 10.1 Å². The minimum atomic E-state index is -3.72. The Labute approximate surface area is 150 Å². The van der Waals surface area contributed by atoms with Gasteiger partial charge in [-0.05, 0) is 30.3 Å². The van der Waals surface area contributed by atoms with Gasteiger partial charge in [0, 0.05) is 25.4 Å². The van der Waals surface area contributed by atoms with Crippen LogP contribution in [0, 0.1) is 0 Å². The van der Waals surface area contributed by atoms with Gasteiger partial charge in [0.05, 0.1) is 22.0 Å². The molecule has 1 aromatic heterocycles. The number of methoxy groups -OCH3 is 1. The molecule has 1 heterocycles. The number of carbonyl (C=O) groups excluding carboxylic acids is 1. The van der Waals surface area contributed by atoms with Gasteiger partial charge in [-0.3, -0.25) is 4.79 Å². The fourth-order valence-electron chi connectivity index (χ4n) is 2.06. The van der Waals surface area contributed by atoms with Crippen molar-refractivity contribution in [1.29, 1.82) is 0 Å². The lowest BCUT2D eigenvalue weighted by atomic mass is 10.3. The molecule has 0 saturated carbocycles. The van der Waals surface area contributed by atoms with Crippen LogP contribution in [0.4, 0.5) is 5.69 Å². The second-order valence-corrected chi connectivity index (χ2v) is 8.85. The lowest BCUT2D eigenvalue weighted by Crippen LogP contribution is -2.26. The first-order chi connectivity index (χ1) is 11.2. The van der Waals surface area contributed by atoms with Crippen molar-refractivity contribution in [3.05, 3.63) is 39.5 Å². The van der Waals surface area contributed by atoms with Crippen LogP contribution >= 0.6 is 22.9 Å². The van der Waals surface area contributed by atoms with E-state index in [1.807, 2.05) is 0 Å². The summed E-state index contributed by atoms with van der Waals surface area (Å²) in [6, 6.07) is 7.85. The number of benzene rings is 1. The Morgan fingerprint density at radius 3 is 2.58 bits per heavy atom. The predicted octanol–water partition coefficient (Wildman–Crippen LogP) is 3.19. The molecular formula is C15H17ClN2O4S2. The largest absolute Gasteiger partial charge is 0.495 e. The average Bonchev–Trinajstić information content (AvgIpc) is 2.91. The highest BCUT2D eigenvalue weighted by atomic mass is 35.5. The molecule has 0 spiro atoms. The van der Waals surface area contributed by atoms with Crippen molar-refractivity contribution < 1.29 is 17.9 Å². The number of sulfonamides is 1. The molecule has 0 bridgehead atoms. The third kappa shape index (κ3) is 4.27. The zero-order chi connectivity index (χ0) is 17.9. The van der Waals surface area contributed by atoms with Gasteiger partial charge in [0.2, 0.25) is 15.9 Å². The Kier molecular flexibility index (Phi) is 5.87. The first-order valence-corrected chi connectivity index (χ1v) is 9.53. The fourth-order valence-corrected chi connectivity index (χ4v) is 4.45. The first-order valence-electron chi connectivity index (χ1n) is 6.90. The van der Waals surface area contributed by atoms with Crippen LogP contribution in [-0.2, 0) is 21.4 Å². The number of anilines is 1. The molecule has 0 radical (unpaired) electrons. The van der Waals surface area contributed by atoms with Crippen LogP contribution in [0.1, 0.15) is 11.8 Å². The Morgan fingerprint density at radius 2 is 2.04 bits per heavy atom. The van der Waals surface area contributed by atoms with E-state index in [0.717, 1.165) is 4.88 Å². The van der Waals surface area contributed by atoms with Gasteiger partial charge in [-0.15, -0.1) is 11.3 Å². The molecule has 1 aromatic carbocycles. The van der Waals surface area contributed by atoms with Crippen molar-refractivity contribution in [2.75, 3.05) is 19.5 Å². The zero-order valence-electron chi connectivity index (χ0n) is 13.4. The average molecular weight is 389 g/mol. The number of ether oxygens (including phenoxy) is 1. The van der Waals surface area contributed by atoms with E-state index in [4.69, 9.17) is 16.3 Å². The Morgan fingerprint density at radius 1 is 1.33 bits per heavy atom. The summed E-state index contributed by atoms with van der Waals surface area (Å²) in [6.07, 6.45) is 0. The van der Waals surface area contributed by atoms with Gasteiger partial charge in [-0.2, -0.15) is 4.31 Å². The molecule has 0 aliphatic carbocycles. The number of nitrogens with zero attached hydrogens (tertiary/aromatic N) is 1. The maximum atomic E-state index is 12.7. The summed E-state index contributed by atoms with van der Waals surface area (Å²) in [5, 5.41) is 2.57. The lowest BCUT2D eigenvalue weighted by molar-refractivity contribution is -0.114. The number of nitrogens with one attached hydrogen (secondary N) is 1. The van der Waals surface area contributed by atoms with E-state index in [0.29, 0.717) is 15.8 Å². The zero-order valence-corrected chi connectivity index (χ0v) is 15.8. The molecule has 0 unspecified atom stereocenters. The minimum Gasteiger partial charge on any atom is -0.495 e. The summed E-state index contributed by atoms with van der Waals surface area (Å²) >= 11 is 7.20. The molecule has 0 saturated heterocycles. The number of rotatable bonds is 6. The van der Waals surface area contributed by atoms with Gasteiger partial charge >= 0.3 is 0 Å². The number of hydrogen-bond donors (Lipinski definition) is 1. The van der Waals surface area contributed by atoms with Crippen molar-refractivity contribution in [2.45, 2.75) is 18.4 Å². The summed E-state index contributed by atoms with van der Waals surface area (Å²) in [5.41, 5.74) is 0.304. The lowest BCUT2D eigenvalue weighted by Gasteiger charge is -2.18. The number of carbonyl (C=O) groups is 1. The quantitative estimate of drug-likeness (QED) is 0.824. The molecule has 2 aromatic rings. The molecule has 0 aliphatic heterocycles. The third-order valence-electron chi connectivity index (χ3n) is 3.20. The monoisotopic (exact) mass is 388 g/mol. The highest BCUT2D eigenvalue weighted by molar-refractivity contribution is 7.89. The SMILES string of the molecule is COc1ccc(S(=O)(=O)N(C)Cc2ccc(Cl)s2)cc1NC(C)=O. The van der Waals surface area contributed by atoms with E-state index in [9.17, 15) is 13.2 Å². The van der Waals surface area contributed by atoms with E-state index < -0.39 is 10.0 Å². The maximum Gasteiger partial charge on any atom is 0.243 e. The van der Waals surface area contributed by atoms with Gasteiger partial charge < -0.3 is 10.1 Å². The third-order valence-corrected chi connectivity index (χ3v) is 6.21. The molecule has 1 amide bonds. The fraction of sp³-hybridized carbons (Fsp3) is 0.267. The van der Waals surface area contributed by atoms with Gasteiger partial charge in [0.15, 0.2) is 0 Å². The first kappa shape index (κ1) is 18.7. The molecule has 0 fully saturated rings. The summed E-state index contributed by atoms with van der Waals surface area (Å²) in [6.45, 7) is 1.55. The van der Waals surface area contributed by atoms with Crippen molar-refractivity contribution in [1.82, 2.24) is 4.31 Å². The molecule has 0 aliphatic rings.